The van der Waals surface area contributed by atoms with Gasteiger partial charge in [0.2, 0.25) is 0 Å². The Balaban J connectivity index is 3.36. The van der Waals surface area contributed by atoms with Gasteiger partial charge in [-0.15, -0.1) is 0 Å². The molecule has 0 aliphatic heterocycles. The van der Waals surface area contributed by atoms with Gasteiger partial charge in [0.25, 0.3) is 0 Å². The number of anilines is 1. The van der Waals surface area contributed by atoms with Crippen molar-refractivity contribution in [2.45, 2.75) is 26.2 Å². The summed E-state index contributed by atoms with van der Waals surface area (Å²) in [6, 6.07) is 5.78. The number of benzene rings is 1. The minimum atomic E-state index is -2.22. The summed E-state index contributed by atoms with van der Waals surface area (Å²) < 4.78 is 12.0. The van der Waals surface area contributed by atoms with Crippen molar-refractivity contribution in [1.82, 2.24) is 0 Å². The minimum Gasteiger partial charge on any atom is -0.399 e. The Morgan fingerprint density at radius 2 is 1.67 bits per heavy atom. The van der Waals surface area contributed by atoms with Gasteiger partial charge < -0.3 is 10.3 Å². The van der Waals surface area contributed by atoms with Crippen molar-refractivity contribution < 1.29 is 4.57 Å². The Labute approximate surface area is 92.3 Å². The van der Waals surface area contributed by atoms with Gasteiger partial charge >= 0.3 is 0 Å². The summed E-state index contributed by atoms with van der Waals surface area (Å²) in [6.07, 6.45) is 0. The Kier molecular flexibility index (Phi) is 3.02. The van der Waals surface area contributed by atoms with E-state index in [2.05, 4.69) is 20.8 Å². The third kappa shape index (κ3) is 3.10. The molecule has 1 aromatic carbocycles. The highest BCUT2D eigenvalue weighted by molar-refractivity contribution is 7.70. The van der Waals surface area contributed by atoms with E-state index in [0.29, 0.717) is 5.69 Å². The molecule has 0 radical (unpaired) electrons. The number of nitrogen functional groups attached to an aromatic ring is 1. The van der Waals surface area contributed by atoms with E-state index in [9.17, 15) is 4.57 Å². The molecule has 0 heterocycles. The van der Waals surface area contributed by atoms with Gasteiger partial charge in [-0.3, -0.25) is 0 Å². The lowest BCUT2D eigenvalue weighted by molar-refractivity contribution is 0.586. The molecule has 1 rings (SSSR count). The van der Waals surface area contributed by atoms with Crippen LogP contribution < -0.4 is 11.0 Å². The molecule has 0 saturated carbocycles. The van der Waals surface area contributed by atoms with Gasteiger partial charge in [-0.05, 0) is 42.5 Å². The van der Waals surface area contributed by atoms with Crippen molar-refractivity contribution in [3.8, 4) is 0 Å². The molecule has 0 saturated heterocycles. The van der Waals surface area contributed by atoms with Crippen molar-refractivity contribution in [2.24, 2.45) is 0 Å². The molecular weight excluding hydrogens is 205 g/mol. The maximum Gasteiger partial charge on any atom is 0.109 e. The molecule has 0 aliphatic carbocycles. The molecule has 0 atom stereocenters. The molecule has 1 aromatic rings. The molecule has 2 N–H and O–H groups in total. The SMILES string of the molecule is CC(C)(C)c1cc(N)cc(P(C)(C)=O)c1. The maximum atomic E-state index is 12.0. The Hall–Kier alpha value is -0.750. The zero-order valence-electron chi connectivity index (χ0n) is 10.2. The van der Waals surface area contributed by atoms with Crippen LogP contribution in [0.4, 0.5) is 5.69 Å². The summed E-state index contributed by atoms with van der Waals surface area (Å²) in [7, 11) is -2.22. The lowest BCUT2D eigenvalue weighted by Gasteiger charge is -2.21. The number of hydrogen-bond acceptors (Lipinski definition) is 2. The van der Waals surface area contributed by atoms with Crippen LogP contribution in [0.1, 0.15) is 26.3 Å². The van der Waals surface area contributed by atoms with Gasteiger partial charge in [-0.1, -0.05) is 20.8 Å². The summed E-state index contributed by atoms with van der Waals surface area (Å²) in [4.78, 5) is 0. The van der Waals surface area contributed by atoms with Crippen LogP contribution in [0, 0.1) is 0 Å². The van der Waals surface area contributed by atoms with Crippen LogP contribution in [0.15, 0.2) is 18.2 Å². The summed E-state index contributed by atoms with van der Waals surface area (Å²) >= 11 is 0. The fourth-order valence-corrected chi connectivity index (χ4v) is 2.29. The fraction of sp³-hybridized carbons (Fsp3) is 0.500. The molecular formula is C12H20NOP. The second kappa shape index (κ2) is 3.68. The van der Waals surface area contributed by atoms with Crippen molar-refractivity contribution in [2.75, 3.05) is 19.1 Å². The van der Waals surface area contributed by atoms with Gasteiger partial charge in [0.05, 0.1) is 0 Å². The van der Waals surface area contributed by atoms with Gasteiger partial charge in [-0.2, -0.15) is 0 Å². The van der Waals surface area contributed by atoms with E-state index >= 15 is 0 Å². The molecule has 84 valence electrons. The van der Waals surface area contributed by atoms with E-state index < -0.39 is 7.14 Å². The standard InChI is InChI=1S/C12H20NOP/c1-12(2,3)9-6-10(13)8-11(7-9)15(4,5)14/h6-8H,13H2,1-5H3. The average molecular weight is 225 g/mol. The number of rotatable bonds is 1. The van der Waals surface area contributed by atoms with Crippen LogP contribution in [-0.2, 0) is 9.98 Å². The highest BCUT2D eigenvalue weighted by Crippen LogP contribution is 2.36. The Morgan fingerprint density at radius 3 is 2.07 bits per heavy atom. The molecule has 2 nitrogen and oxygen atoms in total. The van der Waals surface area contributed by atoms with Crippen molar-refractivity contribution in [3.63, 3.8) is 0 Å². The van der Waals surface area contributed by atoms with Crippen LogP contribution >= 0.6 is 7.14 Å². The zero-order chi connectivity index (χ0) is 11.9. The van der Waals surface area contributed by atoms with E-state index in [0.717, 1.165) is 10.9 Å². The molecule has 0 amide bonds. The third-order valence-electron chi connectivity index (χ3n) is 2.43. The molecule has 0 aliphatic rings. The highest BCUT2D eigenvalue weighted by Gasteiger charge is 2.18. The van der Waals surface area contributed by atoms with Crippen molar-refractivity contribution in [3.05, 3.63) is 23.8 Å². The summed E-state index contributed by atoms with van der Waals surface area (Å²) in [6.45, 7) is 9.92. The predicted octanol–water partition coefficient (Wildman–Crippen LogP) is 2.81. The lowest BCUT2D eigenvalue weighted by Crippen LogP contribution is -2.16. The number of hydrogen-bond donors (Lipinski definition) is 1. The fourth-order valence-electron chi connectivity index (χ4n) is 1.38. The maximum absolute atomic E-state index is 12.0. The van der Waals surface area contributed by atoms with Crippen LogP contribution in [0.3, 0.4) is 0 Å². The minimum absolute atomic E-state index is 0.0410. The van der Waals surface area contributed by atoms with E-state index in [4.69, 9.17) is 5.73 Å². The molecule has 0 bridgehead atoms. The summed E-state index contributed by atoms with van der Waals surface area (Å²) in [5, 5.41) is 0.868. The van der Waals surface area contributed by atoms with Crippen LogP contribution in [-0.4, -0.2) is 13.3 Å². The molecule has 15 heavy (non-hydrogen) atoms. The van der Waals surface area contributed by atoms with E-state index in [1.807, 2.05) is 18.2 Å². The topological polar surface area (TPSA) is 43.1 Å². The average Bonchev–Trinajstić information content (AvgIpc) is 1.99. The normalized spacial score (nSPS) is 12.9. The monoisotopic (exact) mass is 225 g/mol. The van der Waals surface area contributed by atoms with Gasteiger partial charge in [0, 0.05) is 11.0 Å². The molecule has 0 fully saturated rings. The van der Waals surface area contributed by atoms with E-state index in [1.54, 1.807) is 13.3 Å². The Morgan fingerprint density at radius 1 is 1.13 bits per heavy atom. The zero-order valence-corrected chi connectivity index (χ0v) is 11.1. The summed E-state index contributed by atoms with van der Waals surface area (Å²) in [5.41, 5.74) is 7.71. The summed E-state index contributed by atoms with van der Waals surface area (Å²) in [5.74, 6) is 0. The third-order valence-corrected chi connectivity index (χ3v) is 3.93. The second-order valence-electron chi connectivity index (χ2n) is 5.41. The lowest BCUT2D eigenvalue weighted by atomic mass is 9.87. The van der Waals surface area contributed by atoms with E-state index in [-0.39, 0.29) is 5.41 Å². The first-order valence-electron chi connectivity index (χ1n) is 5.07. The number of nitrogens with two attached hydrogens (primary N) is 1. The molecule has 0 spiro atoms. The molecule has 0 aromatic heterocycles. The highest BCUT2D eigenvalue weighted by atomic mass is 31.2. The van der Waals surface area contributed by atoms with Gasteiger partial charge in [0.15, 0.2) is 0 Å². The van der Waals surface area contributed by atoms with Crippen LogP contribution in [0.5, 0.6) is 0 Å². The first-order valence-corrected chi connectivity index (χ1v) is 7.67. The van der Waals surface area contributed by atoms with Gasteiger partial charge in [-0.25, -0.2) is 0 Å². The van der Waals surface area contributed by atoms with Crippen LogP contribution in [0.25, 0.3) is 0 Å². The quantitative estimate of drug-likeness (QED) is 0.590. The van der Waals surface area contributed by atoms with Crippen molar-refractivity contribution in [1.29, 1.82) is 0 Å². The van der Waals surface area contributed by atoms with Crippen molar-refractivity contribution >= 4 is 18.1 Å². The first kappa shape index (κ1) is 12.3. The second-order valence-corrected chi connectivity index (χ2v) is 8.63. The first-order chi connectivity index (χ1) is 6.60. The van der Waals surface area contributed by atoms with Crippen LogP contribution in [0.2, 0.25) is 0 Å². The molecule has 3 heteroatoms. The van der Waals surface area contributed by atoms with E-state index in [1.165, 1.54) is 0 Å². The largest absolute Gasteiger partial charge is 0.399 e. The Bertz CT molecular complexity index is 412. The predicted molar refractivity (Wildman–Crippen MR) is 68.6 cm³/mol. The molecule has 0 unspecified atom stereocenters. The van der Waals surface area contributed by atoms with Gasteiger partial charge in [0.1, 0.15) is 7.14 Å². The smallest absolute Gasteiger partial charge is 0.109 e.